The average molecular weight is 439 g/mol. The normalized spacial score (nSPS) is 10.0. The van der Waals surface area contributed by atoms with Gasteiger partial charge in [-0.1, -0.05) is 0 Å². The van der Waals surface area contributed by atoms with E-state index in [1.54, 1.807) is 48.5 Å². The number of nitro groups is 1. The molecular formula is C20H11BrN2O5. The number of benzene rings is 3. The van der Waals surface area contributed by atoms with Gasteiger partial charge in [0.25, 0.3) is 5.69 Å². The van der Waals surface area contributed by atoms with E-state index in [1.165, 1.54) is 12.1 Å². The lowest BCUT2D eigenvalue weighted by Crippen LogP contribution is -2.09. The first-order chi connectivity index (χ1) is 13.5. The van der Waals surface area contributed by atoms with Crippen LogP contribution in [-0.2, 0) is 0 Å². The Hall–Kier alpha value is -3.70. The zero-order valence-corrected chi connectivity index (χ0v) is 15.8. The Balaban J connectivity index is 1.68. The van der Waals surface area contributed by atoms with Gasteiger partial charge in [0.15, 0.2) is 0 Å². The molecule has 0 heterocycles. The maximum atomic E-state index is 12.2. The monoisotopic (exact) mass is 438 g/mol. The molecule has 0 unspecified atom stereocenters. The van der Waals surface area contributed by atoms with E-state index in [2.05, 4.69) is 15.9 Å². The predicted molar refractivity (Wildman–Crippen MR) is 103 cm³/mol. The van der Waals surface area contributed by atoms with Crippen LogP contribution in [0.2, 0.25) is 0 Å². The molecule has 0 aliphatic carbocycles. The highest BCUT2D eigenvalue weighted by molar-refractivity contribution is 9.10. The molecule has 0 N–H and O–H groups in total. The van der Waals surface area contributed by atoms with Crippen LogP contribution in [0.4, 0.5) is 5.69 Å². The number of carbonyl (C=O) groups excluding carboxylic acids is 1. The van der Waals surface area contributed by atoms with Crippen molar-refractivity contribution in [1.82, 2.24) is 0 Å². The number of hydrogen-bond donors (Lipinski definition) is 0. The largest absolute Gasteiger partial charge is 0.457 e. The smallest absolute Gasteiger partial charge is 0.343 e. The average Bonchev–Trinajstić information content (AvgIpc) is 2.70. The lowest BCUT2D eigenvalue weighted by molar-refractivity contribution is -0.385. The first kappa shape index (κ1) is 19.1. The fourth-order valence-corrected chi connectivity index (χ4v) is 2.65. The van der Waals surface area contributed by atoms with Crippen molar-refractivity contribution in [2.75, 3.05) is 0 Å². The van der Waals surface area contributed by atoms with Crippen LogP contribution in [0.15, 0.2) is 71.2 Å². The second kappa shape index (κ2) is 8.33. The Labute approximate surface area is 168 Å². The van der Waals surface area contributed by atoms with E-state index in [4.69, 9.17) is 14.7 Å². The molecule has 0 bridgehead atoms. The number of rotatable bonds is 5. The number of nitrogens with zero attached hydrogens (tertiary/aromatic N) is 2. The number of hydrogen-bond acceptors (Lipinski definition) is 6. The molecular weight excluding hydrogens is 428 g/mol. The van der Waals surface area contributed by atoms with Gasteiger partial charge in [-0.25, -0.2) is 4.79 Å². The van der Waals surface area contributed by atoms with Crippen molar-refractivity contribution in [3.8, 4) is 23.3 Å². The van der Waals surface area contributed by atoms with Gasteiger partial charge in [-0.2, -0.15) is 5.26 Å². The van der Waals surface area contributed by atoms with Gasteiger partial charge in [0.1, 0.15) is 17.2 Å². The van der Waals surface area contributed by atoms with Crippen LogP contribution < -0.4 is 9.47 Å². The van der Waals surface area contributed by atoms with Crippen LogP contribution in [-0.4, -0.2) is 10.9 Å². The van der Waals surface area contributed by atoms with Crippen LogP contribution in [0.25, 0.3) is 0 Å². The third kappa shape index (κ3) is 4.52. The van der Waals surface area contributed by atoms with E-state index in [9.17, 15) is 14.9 Å². The molecule has 0 aliphatic rings. The highest BCUT2D eigenvalue weighted by atomic mass is 79.9. The Bertz CT molecular complexity index is 1070. The van der Waals surface area contributed by atoms with Crippen molar-refractivity contribution in [2.24, 2.45) is 0 Å². The maximum absolute atomic E-state index is 12.2. The van der Waals surface area contributed by atoms with Crippen molar-refractivity contribution in [3.63, 3.8) is 0 Å². The van der Waals surface area contributed by atoms with Crippen LogP contribution in [0.3, 0.4) is 0 Å². The molecule has 0 atom stereocenters. The van der Waals surface area contributed by atoms with Crippen molar-refractivity contribution in [3.05, 3.63) is 92.4 Å². The number of halogens is 1. The summed E-state index contributed by atoms with van der Waals surface area (Å²) in [6, 6.07) is 19.0. The quantitative estimate of drug-likeness (QED) is 0.233. The lowest BCUT2D eigenvalue weighted by atomic mass is 10.2. The van der Waals surface area contributed by atoms with Crippen LogP contribution in [0, 0.1) is 21.4 Å². The second-order valence-corrected chi connectivity index (χ2v) is 6.38. The van der Waals surface area contributed by atoms with Gasteiger partial charge >= 0.3 is 5.97 Å². The third-order valence-electron chi connectivity index (χ3n) is 3.63. The van der Waals surface area contributed by atoms with Crippen LogP contribution >= 0.6 is 15.9 Å². The van der Waals surface area contributed by atoms with E-state index in [1.807, 2.05) is 6.07 Å². The molecule has 0 saturated carbocycles. The molecule has 28 heavy (non-hydrogen) atoms. The van der Waals surface area contributed by atoms with E-state index >= 15 is 0 Å². The van der Waals surface area contributed by atoms with Gasteiger partial charge < -0.3 is 9.47 Å². The first-order valence-corrected chi connectivity index (χ1v) is 8.70. The minimum atomic E-state index is -0.712. The highest BCUT2D eigenvalue weighted by Crippen LogP contribution is 2.27. The zero-order chi connectivity index (χ0) is 20.1. The van der Waals surface area contributed by atoms with Gasteiger partial charge in [0.2, 0.25) is 0 Å². The minimum Gasteiger partial charge on any atom is -0.457 e. The number of nitriles is 1. The Morgan fingerprint density at radius 2 is 1.54 bits per heavy atom. The summed E-state index contributed by atoms with van der Waals surface area (Å²) < 4.78 is 11.2. The van der Waals surface area contributed by atoms with Crippen molar-refractivity contribution in [1.29, 1.82) is 5.26 Å². The minimum absolute atomic E-state index is 0.0628. The maximum Gasteiger partial charge on any atom is 0.343 e. The summed E-state index contributed by atoms with van der Waals surface area (Å²) in [7, 11) is 0. The first-order valence-electron chi connectivity index (χ1n) is 7.90. The van der Waals surface area contributed by atoms with Gasteiger partial charge in [-0.05, 0) is 76.6 Å². The van der Waals surface area contributed by atoms with Gasteiger partial charge in [0, 0.05) is 6.07 Å². The Kier molecular flexibility index (Phi) is 5.67. The highest BCUT2D eigenvalue weighted by Gasteiger charge is 2.17. The fourth-order valence-electron chi connectivity index (χ4n) is 2.25. The van der Waals surface area contributed by atoms with Gasteiger partial charge in [0.05, 0.1) is 26.6 Å². The fraction of sp³-hybridized carbons (Fsp3) is 0. The molecule has 0 saturated heterocycles. The number of ether oxygens (including phenoxy) is 2. The predicted octanol–water partition coefficient (Wildman–Crippen LogP) is 5.24. The summed E-state index contributed by atoms with van der Waals surface area (Å²) in [5, 5.41) is 19.8. The van der Waals surface area contributed by atoms with E-state index in [-0.39, 0.29) is 21.5 Å². The SMILES string of the molecule is N#Cc1ccc(Oc2ccc(OC(=O)c3ccc(Br)c([N+](=O)[O-])c3)cc2)cc1. The molecule has 7 nitrogen and oxygen atoms in total. The summed E-state index contributed by atoms with van der Waals surface area (Å²) in [5.41, 5.74) is 0.371. The van der Waals surface area contributed by atoms with Crippen molar-refractivity contribution < 1.29 is 19.2 Å². The molecule has 0 amide bonds. The number of carbonyl (C=O) groups is 1. The van der Waals surface area contributed by atoms with E-state index in [0.29, 0.717) is 17.1 Å². The van der Waals surface area contributed by atoms with Gasteiger partial charge in [-0.3, -0.25) is 10.1 Å². The summed E-state index contributed by atoms with van der Waals surface area (Å²) in [4.78, 5) is 22.6. The zero-order valence-electron chi connectivity index (χ0n) is 14.2. The molecule has 0 fully saturated rings. The molecule has 3 aromatic rings. The Morgan fingerprint density at radius 1 is 0.964 bits per heavy atom. The van der Waals surface area contributed by atoms with Crippen molar-refractivity contribution >= 4 is 27.6 Å². The molecule has 3 aromatic carbocycles. The lowest BCUT2D eigenvalue weighted by Gasteiger charge is -2.08. The Morgan fingerprint density at radius 3 is 2.11 bits per heavy atom. The van der Waals surface area contributed by atoms with E-state index in [0.717, 1.165) is 6.07 Å². The summed E-state index contributed by atoms with van der Waals surface area (Å²) in [6.07, 6.45) is 0. The molecule has 3 rings (SSSR count). The molecule has 0 spiro atoms. The standard InChI is InChI=1S/C20H11BrN2O5/c21-18-10-3-14(11-19(18)23(25)26)20(24)28-17-8-6-16(7-9-17)27-15-4-1-13(12-22)2-5-15/h1-11H. The third-order valence-corrected chi connectivity index (χ3v) is 4.30. The topological polar surface area (TPSA) is 102 Å². The molecule has 138 valence electrons. The summed E-state index contributed by atoms with van der Waals surface area (Å²) in [5.74, 6) is 0.633. The summed E-state index contributed by atoms with van der Waals surface area (Å²) >= 11 is 3.07. The molecule has 0 radical (unpaired) electrons. The van der Waals surface area contributed by atoms with Crippen LogP contribution in [0.1, 0.15) is 15.9 Å². The summed E-state index contributed by atoms with van der Waals surface area (Å²) in [6.45, 7) is 0. The molecule has 0 aromatic heterocycles. The van der Waals surface area contributed by atoms with Crippen molar-refractivity contribution in [2.45, 2.75) is 0 Å². The molecule has 0 aliphatic heterocycles. The number of nitro benzene ring substituents is 1. The molecule has 8 heteroatoms. The van der Waals surface area contributed by atoms with E-state index < -0.39 is 10.9 Å². The van der Waals surface area contributed by atoms with Crippen LogP contribution in [0.5, 0.6) is 17.2 Å². The number of esters is 1. The second-order valence-electron chi connectivity index (χ2n) is 5.52. The van der Waals surface area contributed by atoms with Gasteiger partial charge in [-0.15, -0.1) is 0 Å².